The lowest BCUT2D eigenvalue weighted by Crippen LogP contribution is -2.14. The zero-order valence-electron chi connectivity index (χ0n) is 6.89. The molecule has 5 nitrogen and oxygen atoms in total. The third-order valence-electron chi connectivity index (χ3n) is 1.19. The van der Waals surface area contributed by atoms with Gasteiger partial charge in [0.25, 0.3) is 0 Å². The molecule has 0 fully saturated rings. The molecule has 0 radical (unpaired) electrons. The van der Waals surface area contributed by atoms with E-state index in [9.17, 15) is 4.79 Å². The maximum Gasteiger partial charge on any atom is 0.360 e. The summed E-state index contributed by atoms with van der Waals surface area (Å²) in [5.41, 5.74) is 0.193. The normalized spacial score (nSPS) is 12.6. The Morgan fingerprint density at radius 1 is 1.83 bits per heavy atom. The number of hydrogen-bond acceptors (Lipinski definition) is 4. The SMILES string of the molecule is CC(O)OC(=O)c1cn(C)cn1. The molecule has 0 saturated carbocycles. The lowest BCUT2D eigenvalue weighted by molar-refractivity contribution is -0.0527. The molecular formula is C7H10N2O3. The Bertz CT molecular complexity index is 280. The van der Waals surface area contributed by atoms with Crippen molar-refractivity contribution in [2.24, 2.45) is 7.05 Å². The molecule has 12 heavy (non-hydrogen) atoms. The van der Waals surface area contributed by atoms with Crippen LogP contribution in [0.3, 0.4) is 0 Å². The van der Waals surface area contributed by atoms with E-state index in [-0.39, 0.29) is 5.69 Å². The monoisotopic (exact) mass is 170 g/mol. The second-order valence-electron chi connectivity index (χ2n) is 2.43. The Balaban J connectivity index is 2.65. The average Bonchev–Trinajstić information content (AvgIpc) is 2.34. The number of carbonyl (C=O) groups is 1. The Morgan fingerprint density at radius 3 is 2.92 bits per heavy atom. The smallest absolute Gasteiger partial charge is 0.360 e. The molecule has 0 amide bonds. The Hall–Kier alpha value is -1.36. The maximum absolute atomic E-state index is 11.0. The minimum absolute atomic E-state index is 0.193. The first-order valence-corrected chi connectivity index (χ1v) is 3.46. The summed E-state index contributed by atoms with van der Waals surface area (Å²) in [7, 11) is 1.74. The summed E-state index contributed by atoms with van der Waals surface area (Å²) in [6.07, 6.45) is 1.91. The van der Waals surface area contributed by atoms with E-state index in [1.54, 1.807) is 11.6 Å². The van der Waals surface area contributed by atoms with Crippen LogP contribution in [0.25, 0.3) is 0 Å². The summed E-state index contributed by atoms with van der Waals surface area (Å²) in [6.45, 7) is 1.36. The van der Waals surface area contributed by atoms with Gasteiger partial charge in [-0.2, -0.15) is 0 Å². The van der Waals surface area contributed by atoms with Crippen LogP contribution in [0, 0.1) is 0 Å². The van der Waals surface area contributed by atoms with Crippen LogP contribution in [-0.4, -0.2) is 26.9 Å². The summed E-state index contributed by atoms with van der Waals surface area (Å²) in [4.78, 5) is 14.8. The molecule has 0 aromatic carbocycles. The first-order chi connectivity index (χ1) is 5.59. The van der Waals surface area contributed by atoms with Gasteiger partial charge in [0.2, 0.25) is 0 Å². The molecule has 1 atom stereocenters. The van der Waals surface area contributed by atoms with Crippen molar-refractivity contribution in [3.05, 3.63) is 18.2 Å². The van der Waals surface area contributed by atoms with Gasteiger partial charge in [0, 0.05) is 13.2 Å². The number of aryl methyl sites for hydroxylation is 1. The van der Waals surface area contributed by atoms with Crippen molar-refractivity contribution in [2.75, 3.05) is 0 Å². The van der Waals surface area contributed by atoms with E-state index in [2.05, 4.69) is 9.72 Å². The van der Waals surface area contributed by atoms with E-state index < -0.39 is 12.3 Å². The second-order valence-corrected chi connectivity index (χ2v) is 2.43. The van der Waals surface area contributed by atoms with Crippen LogP contribution in [0.1, 0.15) is 17.4 Å². The highest BCUT2D eigenvalue weighted by Crippen LogP contribution is 1.98. The Kier molecular flexibility index (Phi) is 2.44. The van der Waals surface area contributed by atoms with Crippen molar-refractivity contribution in [1.29, 1.82) is 0 Å². The van der Waals surface area contributed by atoms with Gasteiger partial charge in [0.05, 0.1) is 6.33 Å². The van der Waals surface area contributed by atoms with E-state index in [1.165, 1.54) is 19.4 Å². The van der Waals surface area contributed by atoms with Gasteiger partial charge in [-0.15, -0.1) is 0 Å². The van der Waals surface area contributed by atoms with Gasteiger partial charge in [-0.05, 0) is 6.92 Å². The molecule has 1 heterocycles. The van der Waals surface area contributed by atoms with Gasteiger partial charge >= 0.3 is 5.97 Å². The number of hydrogen-bond donors (Lipinski definition) is 1. The highest BCUT2D eigenvalue weighted by molar-refractivity contribution is 5.86. The molecule has 1 rings (SSSR count). The highest BCUT2D eigenvalue weighted by atomic mass is 16.6. The van der Waals surface area contributed by atoms with Crippen LogP contribution in [0.4, 0.5) is 0 Å². The summed E-state index contributed by atoms with van der Waals surface area (Å²) in [5, 5.41) is 8.71. The fourth-order valence-corrected chi connectivity index (χ4v) is 0.734. The third-order valence-corrected chi connectivity index (χ3v) is 1.19. The molecular weight excluding hydrogens is 160 g/mol. The highest BCUT2D eigenvalue weighted by Gasteiger charge is 2.11. The van der Waals surface area contributed by atoms with Crippen LogP contribution >= 0.6 is 0 Å². The van der Waals surface area contributed by atoms with Crippen molar-refractivity contribution in [3.8, 4) is 0 Å². The number of aromatic nitrogens is 2. The van der Waals surface area contributed by atoms with Crippen molar-refractivity contribution in [3.63, 3.8) is 0 Å². The van der Waals surface area contributed by atoms with Crippen LogP contribution in [-0.2, 0) is 11.8 Å². The predicted octanol–water partition coefficient (Wildman–Crippen LogP) is -0.0848. The minimum Gasteiger partial charge on any atom is -0.432 e. The number of rotatable bonds is 2. The molecule has 0 saturated heterocycles. The van der Waals surface area contributed by atoms with Gasteiger partial charge in [0.15, 0.2) is 12.0 Å². The van der Waals surface area contributed by atoms with E-state index in [1.807, 2.05) is 0 Å². The topological polar surface area (TPSA) is 64.3 Å². The summed E-state index contributed by atoms with van der Waals surface area (Å²) < 4.78 is 6.11. The molecule has 0 spiro atoms. The van der Waals surface area contributed by atoms with E-state index in [0.717, 1.165) is 0 Å². The number of nitrogens with zero attached hydrogens (tertiary/aromatic N) is 2. The lowest BCUT2D eigenvalue weighted by Gasteiger charge is -2.03. The minimum atomic E-state index is -1.10. The lowest BCUT2D eigenvalue weighted by atomic mass is 10.5. The first kappa shape index (κ1) is 8.73. The molecule has 1 N–H and O–H groups in total. The van der Waals surface area contributed by atoms with E-state index in [4.69, 9.17) is 5.11 Å². The van der Waals surface area contributed by atoms with Gasteiger partial charge in [-0.25, -0.2) is 9.78 Å². The molecule has 5 heteroatoms. The van der Waals surface area contributed by atoms with Crippen LogP contribution < -0.4 is 0 Å². The van der Waals surface area contributed by atoms with E-state index >= 15 is 0 Å². The largest absolute Gasteiger partial charge is 0.432 e. The first-order valence-electron chi connectivity index (χ1n) is 3.46. The summed E-state index contributed by atoms with van der Waals surface area (Å²) >= 11 is 0. The molecule has 1 unspecified atom stereocenters. The number of imidazole rings is 1. The van der Waals surface area contributed by atoms with Gasteiger partial charge in [0.1, 0.15) is 0 Å². The molecule has 0 aliphatic carbocycles. The van der Waals surface area contributed by atoms with Gasteiger partial charge < -0.3 is 14.4 Å². The molecule has 0 aliphatic heterocycles. The van der Waals surface area contributed by atoms with Crippen LogP contribution in [0.5, 0.6) is 0 Å². The zero-order valence-corrected chi connectivity index (χ0v) is 6.89. The average molecular weight is 170 g/mol. The molecule has 1 aromatic rings. The Labute approximate surface area is 69.6 Å². The Morgan fingerprint density at radius 2 is 2.50 bits per heavy atom. The number of carbonyl (C=O) groups excluding carboxylic acids is 1. The van der Waals surface area contributed by atoms with Gasteiger partial charge in [-0.1, -0.05) is 0 Å². The predicted molar refractivity (Wildman–Crippen MR) is 40.3 cm³/mol. The summed E-state index contributed by atoms with van der Waals surface area (Å²) in [6, 6.07) is 0. The van der Waals surface area contributed by atoms with Crippen molar-refractivity contribution in [2.45, 2.75) is 13.2 Å². The van der Waals surface area contributed by atoms with Crippen LogP contribution in [0.2, 0.25) is 0 Å². The van der Waals surface area contributed by atoms with Gasteiger partial charge in [-0.3, -0.25) is 0 Å². The standard InChI is InChI=1S/C7H10N2O3/c1-5(10)12-7(11)6-3-9(2)4-8-6/h3-5,10H,1-2H3. The maximum atomic E-state index is 11.0. The van der Waals surface area contributed by atoms with Crippen molar-refractivity contribution >= 4 is 5.97 Å². The van der Waals surface area contributed by atoms with Crippen molar-refractivity contribution in [1.82, 2.24) is 9.55 Å². The number of ether oxygens (including phenoxy) is 1. The molecule has 1 aromatic heterocycles. The fourth-order valence-electron chi connectivity index (χ4n) is 0.734. The zero-order chi connectivity index (χ0) is 9.14. The van der Waals surface area contributed by atoms with E-state index in [0.29, 0.717) is 0 Å². The van der Waals surface area contributed by atoms with Crippen molar-refractivity contribution < 1.29 is 14.6 Å². The number of aliphatic hydroxyl groups excluding tert-OH is 1. The molecule has 66 valence electrons. The fraction of sp³-hybridized carbons (Fsp3) is 0.429. The third kappa shape index (κ3) is 2.06. The number of esters is 1. The summed E-state index contributed by atoms with van der Waals surface area (Å²) in [5.74, 6) is -0.620. The quantitative estimate of drug-likeness (QED) is 0.498. The van der Waals surface area contributed by atoms with Crippen LogP contribution in [0.15, 0.2) is 12.5 Å². The molecule has 0 bridgehead atoms. The molecule has 0 aliphatic rings. The second kappa shape index (κ2) is 3.36. The number of aliphatic hydroxyl groups is 1.